The maximum Gasteiger partial charge on any atom is 0.197 e. The number of nitrogens with zero attached hydrogens (tertiary/aromatic N) is 1. The van der Waals surface area contributed by atoms with Crippen molar-refractivity contribution >= 4 is 5.95 Å². The quantitative estimate of drug-likeness (QED) is 0.828. The average Bonchev–Trinajstić information content (AvgIpc) is 2.75. The first-order valence-corrected chi connectivity index (χ1v) is 5.22. The smallest absolute Gasteiger partial charge is 0.197 e. The molecule has 0 saturated heterocycles. The van der Waals surface area contributed by atoms with E-state index in [4.69, 9.17) is 10.5 Å². The summed E-state index contributed by atoms with van der Waals surface area (Å²) in [6.45, 7) is 2.10. The minimum atomic E-state index is 0.434. The van der Waals surface area contributed by atoms with E-state index < -0.39 is 0 Å². The molecular weight excluding hydrogens is 202 g/mol. The first-order valence-electron chi connectivity index (χ1n) is 5.22. The molecule has 0 radical (unpaired) electrons. The van der Waals surface area contributed by atoms with Crippen LogP contribution < -0.4 is 10.5 Å². The van der Waals surface area contributed by atoms with E-state index in [1.165, 1.54) is 5.56 Å². The maximum atomic E-state index is 5.55. The summed E-state index contributed by atoms with van der Waals surface area (Å²) in [6, 6.07) is 6.04. The van der Waals surface area contributed by atoms with E-state index in [0.717, 1.165) is 23.4 Å². The van der Waals surface area contributed by atoms with Gasteiger partial charge < -0.3 is 15.5 Å². The minimum absolute atomic E-state index is 0.434. The molecule has 0 aliphatic rings. The van der Waals surface area contributed by atoms with E-state index in [1.807, 2.05) is 12.1 Å². The summed E-state index contributed by atoms with van der Waals surface area (Å²) >= 11 is 0. The number of H-pyrrole nitrogens is 1. The second kappa shape index (κ2) is 4.26. The van der Waals surface area contributed by atoms with Crippen LogP contribution in [0.4, 0.5) is 5.95 Å². The maximum absolute atomic E-state index is 5.55. The van der Waals surface area contributed by atoms with Gasteiger partial charge in [-0.15, -0.1) is 0 Å². The number of ether oxygens (including phenoxy) is 1. The molecule has 1 aromatic carbocycles. The first-order chi connectivity index (χ1) is 7.74. The fourth-order valence-electron chi connectivity index (χ4n) is 1.71. The van der Waals surface area contributed by atoms with Crippen molar-refractivity contribution in [2.24, 2.45) is 0 Å². The number of aromatic nitrogens is 2. The Morgan fingerprint density at radius 1 is 1.44 bits per heavy atom. The minimum Gasteiger partial charge on any atom is -0.496 e. The van der Waals surface area contributed by atoms with Crippen molar-refractivity contribution in [3.8, 4) is 17.0 Å². The van der Waals surface area contributed by atoms with Gasteiger partial charge in [0.25, 0.3) is 0 Å². The van der Waals surface area contributed by atoms with Crippen LogP contribution in [-0.4, -0.2) is 17.1 Å². The Kier molecular flexibility index (Phi) is 2.81. The number of methoxy groups -OCH3 is 1. The number of imidazole rings is 1. The van der Waals surface area contributed by atoms with E-state index in [2.05, 4.69) is 23.0 Å². The number of aryl methyl sites for hydroxylation is 1. The lowest BCUT2D eigenvalue weighted by Crippen LogP contribution is -1.91. The van der Waals surface area contributed by atoms with Gasteiger partial charge in [-0.1, -0.05) is 6.92 Å². The van der Waals surface area contributed by atoms with E-state index in [1.54, 1.807) is 13.3 Å². The number of aromatic amines is 1. The fourth-order valence-corrected chi connectivity index (χ4v) is 1.71. The number of nitrogens with two attached hydrogens (primary N) is 1. The summed E-state index contributed by atoms with van der Waals surface area (Å²) in [6.07, 6.45) is 2.66. The Morgan fingerprint density at radius 3 is 2.81 bits per heavy atom. The zero-order valence-corrected chi connectivity index (χ0v) is 9.45. The summed E-state index contributed by atoms with van der Waals surface area (Å²) < 4.78 is 5.28. The molecule has 4 heteroatoms. The van der Waals surface area contributed by atoms with Gasteiger partial charge in [0.05, 0.1) is 19.0 Å². The molecule has 0 spiro atoms. The van der Waals surface area contributed by atoms with E-state index in [9.17, 15) is 0 Å². The first kappa shape index (κ1) is 10.5. The van der Waals surface area contributed by atoms with E-state index >= 15 is 0 Å². The molecule has 0 aliphatic carbocycles. The molecule has 0 atom stereocenters. The largest absolute Gasteiger partial charge is 0.496 e. The van der Waals surface area contributed by atoms with Crippen molar-refractivity contribution in [2.75, 3.05) is 12.8 Å². The summed E-state index contributed by atoms with van der Waals surface area (Å²) in [5.74, 6) is 1.35. The SMILES string of the molecule is CCc1cc(-c2cnc(N)[nH]2)ccc1OC. The Bertz CT molecular complexity index is 491. The summed E-state index contributed by atoms with van der Waals surface area (Å²) in [5.41, 5.74) is 8.72. The zero-order chi connectivity index (χ0) is 11.5. The molecule has 0 amide bonds. The van der Waals surface area contributed by atoms with Crippen LogP contribution >= 0.6 is 0 Å². The molecule has 84 valence electrons. The van der Waals surface area contributed by atoms with E-state index in [-0.39, 0.29) is 0 Å². The monoisotopic (exact) mass is 217 g/mol. The molecule has 0 saturated carbocycles. The molecule has 3 N–H and O–H groups in total. The van der Waals surface area contributed by atoms with Gasteiger partial charge in [0.15, 0.2) is 5.95 Å². The van der Waals surface area contributed by atoms with Crippen LogP contribution in [0, 0.1) is 0 Å². The normalized spacial score (nSPS) is 10.4. The van der Waals surface area contributed by atoms with Gasteiger partial charge in [0, 0.05) is 5.56 Å². The number of nitrogens with one attached hydrogen (secondary N) is 1. The molecule has 1 heterocycles. The Labute approximate surface area is 94.5 Å². The lowest BCUT2D eigenvalue weighted by atomic mass is 10.1. The van der Waals surface area contributed by atoms with Gasteiger partial charge in [0.2, 0.25) is 0 Å². The molecule has 2 rings (SSSR count). The van der Waals surface area contributed by atoms with Crippen molar-refractivity contribution < 1.29 is 4.74 Å². The molecule has 1 aromatic heterocycles. The molecule has 0 bridgehead atoms. The predicted octanol–water partition coefficient (Wildman–Crippen LogP) is 2.23. The molecule has 4 nitrogen and oxygen atoms in total. The molecule has 0 aliphatic heterocycles. The number of benzene rings is 1. The predicted molar refractivity (Wildman–Crippen MR) is 64.4 cm³/mol. The second-order valence-electron chi connectivity index (χ2n) is 3.56. The third kappa shape index (κ3) is 1.86. The third-order valence-electron chi connectivity index (χ3n) is 2.57. The third-order valence-corrected chi connectivity index (χ3v) is 2.57. The van der Waals surface area contributed by atoms with Gasteiger partial charge in [0.1, 0.15) is 5.75 Å². The van der Waals surface area contributed by atoms with Crippen LogP contribution in [0.15, 0.2) is 24.4 Å². The number of rotatable bonds is 3. The average molecular weight is 217 g/mol. The summed E-state index contributed by atoms with van der Waals surface area (Å²) in [5, 5.41) is 0. The van der Waals surface area contributed by atoms with Crippen molar-refractivity contribution in [2.45, 2.75) is 13.3 Å². The molecule has 0 fully saturated rings. The number of anilines is 1. The van der Waals surface area contributed by atoms with Crippen LogP contribution in [0.2, 0.25) is 0 Å². The topological polar surface area (TPSA) is 63.9 Å². The van der Waals surface area contributed by atoms with Gasteiger partial charge in [-0.2, -0.15) is 0 Å². The van der Waals surface area contributed by atoms with Crippen LogP contribution in [0.1, 0.15) is 12.5 Å². The number of nitrogen functional groups attached to an aromatic ring is 1. The van der Waals surface area contributed by atoms with Gasteiger partial charge in [-0.3, -0.25) is 0 Å². The van der Waals surface area contributed by atoms with Crippen LogP contribution in [0.3, 0.4) is 0 Å². The zero-order valence-electron chi connectivity index (χ0n) is 9.45. The molecule has 0 unspecified atom stereocenters. The fraction of sp³-hybridized carbons (Fsp3) is 0.250. The highest BCUT2D eigenvalue weighted by Crippen LogP contribution is 2.26. The Morgan fingerprint density at radius 2 is 2.25 bits per heavy atom. The van der Waals surface area contributed by atoms with Crippen molar-refractivity contribution in [3.05, 3.63) is 30.0 Å². The standard InChI is InChI=1S/C12H15N3O/c1-3-8-6-9(4-5-11(8)16-2)10-7-14-12(13)15-10/h4-7H,3H2,1-2H3,(H3,13,14,15). The Hall–Kier alpha value is -1.97. The highest BCUT2D eigenvalue weighted by molar-refractivity contribution is 5.62. The summed E-state index contributed by atoms with van der Waals surface area (Å²) in [4.78, 5) is 6.99. The number of hydrogen-bond donors (Lipinski definition) is 2. The van der Waals surface area contributed by atoms with Gasteiger partial charge in [-0.25, -0.2) is 4.98 Å². The van der Waals surface area contributed by atoms with Crippen molar-refractivity contribution in [1.29, 1.82) is 0 Å². The van der Waals surface area contributed by atoms with Crippen molar-refractivity contribution in [3.63, 3.8) is 0 Å². The highest BCUT2D eigenvalue weighted by atomic mass is 16.5. The second-order valence-corrected chi connectivity index (χ2v) is 3.56. The van der Waals surface area contributed by atoms with Gasteiger partial charge >= 0.3 is 0 Å². The summed E-state index contributed by atoms with van der Waals surface area (Å²) in [7, 11) is 1.68. The lowest BCUT2D eigenvalue weighted by molar-refractivity contribution is 0.410. The van der Waals surface area contributed by atoms with E-state index in [0.29, 0.717) is 5.95 Å². The van der Waals surface area contributed by atoms with Crippen LogP contribution in [0.25, 0.3) is 11.3 Å². The lowest BCUT2D eigenvalue weighted by Gasteiger charge is -2.08. The highest BCUT2D eigenvalue weighted by Gasteiger charge is 2.05. The molecule has 16 heavy (non-hydrogen) atoms. The Balaban J connectivity index is 2.43. The van der Waals surface area contributed by atoms with Crippen LogP contribution in [0.5, 0.6) is 5.75 Å². The molecular formula is C12H15N3O. The van der Waals surface area contributed by atoms with Crippen LogP contribution in [-0.2, 0) is 6.42 Å². The van der Waals surface area contributed by atoms with Gasteiger partial charge in [-0.05, 0) is 30.2 Å². The van der Waals surface area contributed by atoms with Crippen molar-refractivity contribution in [1.82, 2.24) is 9.97 Å². The molecule has 2 aromatic rings. The number of hydrogen-bond acceptors (Lipinski definition) is 3.